The topological polar surface area (TPSA) is 24.8 Å². The molecule has 1 aliphatic rings. The summed E-state index contributed by atoms with van der Waals surface area (Å²) in [6.45, 7) is 1.75. The SMILES string of the molecule is CN=C1OCCN1C. The van der Waals surface area contributed by atoms with E-state index in [0.29, 0.717) is 0 Å². The van der Waals surface area contributed by atoms with Gasteiger partial charge in [-0.2, -0.15) is 0 Å². The smallest absolute Gasteiger partial charge is 0.286 e. The van der Waals surface area contributed by atoms with Crippen LogP contribution in [0.2, 0.25) is 0 Å². The van der Waals surface area contributed by atoms with Crippen molar-refractivity contribution >= 4 is 6.02 Å². The van der Waals surface area contributed by atoms with Crippen molar-refractivity contribution in [3.05, 3.63) is 0 Å². The highest BCUT2D eigenvalue weighted by Crippen LogP contribution is 1.97. The Bertz CT molecular complexity index is 111. The Balaban J connectivity index is 2.55. The largest absolute Gasteiger partial charge is 0.463 e. The molecule has 1 aliphatic heterocycles. The van der Waals surface area contributed by atoms with Gasteiger partial charge in [0.1, 0.15) is 6.61 Å². The summed E-state index contributed by atoms with van der Waals surface area (Å²) in [6, 6.07) is 0.755. The summed E-state index contributed by atoms with van der Waals surface area (Å²) >= 11 is 0. The molecule has 0 saturated carbocycles. The molecule has 0 unspecified atom stereocenters. The Morgan fingerprint density at radius 2 is 2.50 bits per heavy atom. The second-order valence-electron chi connectivity index (χ2n) is 1.78. The molecule has 1 rings (SSSR count). The van der Waals surface area contributed by atoms with Crippen LogP contribution in [0.3, 0.4) is 0 Å². The summed E-state index contributed by atoms with van der Waals surface area (Å²) < 4.78 is 5.09. The zero-order chi connectivity index (χ0) is 5.98. The van der Waals surface area contributed by atoms with E-state index in [1.807, 2.05) is 11.9 Å². The van der Waals surface area contributed by atoms with E-state index in [9.17, 15) is 0 Å². The molecular formula is C5H10N2O. The van der Waals surface area contributed by atoms with Crippen molar-refractivity contribution in [2.45, 2.75) is 0 Å². The molecule has 1 heterocycles. The lowest BCUT2D eigenvalue weighted by Crippen LogP contribution is -2.19. The van der Waals surface area contributed by atoms with Crippen molar-refractivity contribution in [3.63, 3.8) is 0 Å². The van der Waals surface area contributed by atoms with Crippen molar-refractivity contribution < 1.29 is 4.74 Å². The van der Waals surface area contributed by atoms with Crippen molar-refractivity contribution in [3.8, 4) is 0 Å². The van der Waals surface area contributed by atoms with Gasteiger partial charge in [0.15, 0.2) is 0 Å². The minimum atomic E-state index is 0.755. The first-order valence-electron chi connectivity index (χ1n) is 2.65. The Hall–Kier alpha value is -0.730. The fourth-order valence-corrected chi connectivity index (χ4v) is 0.715. The van der Waals surface area contributed by atoms with Gasteiger partial charge < -0.3 is 9.64 Å². The van der Waals surface area contributed by atoms with Crippen molar-refractivity contribution in [1.29, 1.82) is 0 Å². The second-order valence-corrected chi connectivity index (χ2v) is 1.78. The molecule has 1 saturated heterocycles. The van der Waals surface area contributed by atoms with E-state index < -0.39 is 0 Å². The number of aliphatic imine (C=N–C) groups is 1. The molecule has 1 fully saturated rings. The lowest BCUT2D eigenvalue weighted by Gasteiger charge is -2.04. The van der Waals surface area contributed by atoms with E-state index in [4.69, 9.17) is 4.74 Å². The molecule has 0 aromatic carbocycles. The first-order valence-corrected chi connectivity index (χ1v) is 2.65. The van der Waals surface area contributed by atoms with Gasteiger partial charge in [-0.05, 0) is 0 Å². The molecule has 0 atom stereocenters. The maximum atomic E-state index is 5.09. The van der Waals surface area contributed by atoms with Crippen LogP contribution in [0, 0.1) is 0 Å². The maximum Gasteiger partial charge on any atom is 0.286 e. The molecule has 0 amide bonds. The molecule has 3 heteroatoms. The zero-order valence-corrected chi connectivity index (χ0v) is 5.22. The number of hydrogen-bond acceptors (Lipinski definition) is 2. The van der Waals surface area contributed by atoms with E-state index in [1.165, 1.54) is 0 Å². The van der Waals surface area contributed by atoms with Gasteiger partial charge in [-0.25, -0.2) is 4.99 Å². The minimum absolute atomic E-state index is 0.755. The predicted octanol–water partition coefficient (Wildman–Crippen LogP) is -0.0658. The van der Waals surface area contributed by atoms with E-state index in [2.05, 4.69) is 4.99 Å². The summed E-state index contributed by atoms with van der Waals surface area (Å²) in [5.41, 5.74) is 0. The first-order chi connectivity index (χ1) is 3.84. The number of ether oxygens (including phenoxy) is 1. The number of nitrogens with zero attached hydrogens (tertiary/aromatic N) is 2. The molecule has 0 aromatic rings. The van der Waals surface area contributed by atoms with E-state index in [-0.39, 0.29) is 0 Å². The van der Waals surface area contributed by atoms with Crippen LogP contribution in [0.25, 0.3) is 0 Å². The normalized spacial score (nSPS) is 24.2. The summed E-state index contributed by atoms with van der Waals surface area (Å²) in [4.78, 5) is 5.88. The van der Waals surface area contributed by atoms with Crippen LogP contribution in [0.5, 0.6) is 0 Å². The van der Waals surface area contributed by atoms with Gasteiger partial charge in [-0.3, -0.25) is 0 Å². The zero-order valence-electron chi connectivity index (χ0n) is 5.22. The Kier molecular flexibility index (Phi) is 1.37. The lowest BCUT2D eigenvalue weighted by atomic mass is 10.7. The maximum absolute atomic E-state index is 5.09. The Labute approximate surface area is 49.0 Å². The third-order valence-electron chi connectivity index (χ3n) is 1.18. The Morgan fingerprint density at radius 1 is 1.75 bits per heavy atom. The molecule has 3 nitrogen and oxygen atoms in total. The van der Waals surface area contributed by atoms with Gasteiger partial charge in [-0.15, -0.1) is 0 Å². The van der Waals surface area contributed by atoms with E-state index >= 15 is 0 Å². The second kappa shape index (κ2) is 2.03. The summed E-state index contributed by atoms with van der Waals surface area (Å²) in [5, 5.41) is 0. The molecule has 0 aromatic heterocycles. The van der Waals surface area contributed by atoms with Gasteiger partial charge >= 0.3 is 0 Å². The molecule has 0 aliphatic carbocycles. The average Bonchev–Trinajstić information content (AvgIpc) is 2.14. The third-order valence-corrected chi connectivity index (χ3v) is 1.18. The minimum Gasteiger partial charge on any atom is -0.463 e. The van der Waals surface area contributed by atoms with Gasteiger partial charge in [0.25, 0.3) is 6.02 Å². The summed E-state index contributed by atoms with van der Waals surface area (Å²) in [5.74, 6) is 0. The van der Waals surface area contributed by atoms with Crippen LogP contribution in [-0.4, -0.2) is 38.2 Å². The lowest BCUT2D eigenvalue weighted by molar-refractivity contribution is 0.351. The summed E-state index contributed by atoms with van der Waals surface area (Å²) in [7, 11) is 3.70. The standard InChI is InChI=1S/C5H10N2O/c1-6-5-7(2)3-4-8-5/h3-4H2,1-2H3. The number of likely N-dealkylation sites (N-methyl/N-ethyl adjacent to an activating group) is 1. The molecule has 0 N–H and O–H groups in total. The molecular weight excluding hydrogens is 104 g/mol. The highest BCUT2D eigenvalue weighted by molar-refractivity contribution is 5.74. The van der Waals surface area contributed by atoms with E-state index in [1.54, 1.807) is 7.05 Å². The number of rotatable bonds is 0. The molecule has 0 bridgehead atoms. The van der Waals surface area contributed by atoms with Crippen molar-refractivity contribution in [2.75, 3.05) is 27.2 Å². The highest BCUT2D eigenvalue weighted by Gasteiger charge is 2.13. The van der Waals surface area contributed by atoms with E-state index in [0.717, 1.165) is 19.2 Å². The van der Waals surface area contributed by atoms with Crippen LogP contribution in [0.4, 0.5) is 0 Å². The van der Waals surface area contributed by atoms with Gasteiger partial charge in [-0.1, -0.05) is 0 Å². The fourth-order valence-electron chi connectivity index (χ4n) is 0.715. The van der Waals surface area contributed by atoms with Gasteiger partial charge in [0, 0.05) is 14.1 Å². The van der Waals surface area contributed by atoms with Gasteiger partial charge in [0.05, 0.1) is 6.54 Å². The van der Waals surface area contributed by atoms with Crippen LogP contribution >= 0.6 is 0 Å². The highest BCUT2D eigenvalue weighted by atomic mass is 16.5. The van der Waals surface area contributed by atoms with Crippen molar-refractivity contribution in [2.24, 2.45) is 4.99 Å². The average molecular weight is 114 g/mol. The third kappa shape index (κ3) is 0.757. The molecule has 46 valence electrons. The Morgan fingerprint density at radius 3 is 2.75 bits per heavy atom. The molecule has 8 heavy (non-hydrogen) atoms. The van der Waals surface area contributed by atoms with Crippen molar-refractivity contribution in [1.82, 2.24) is 4.90 Å². The van der Waals surface area contributed by atoms with Crippen LogP contribution in [0.1, 0.15) is 0 Å². The fraction of sp³-hybridized carbons (Fsp3) is 0.800. The number of hydrogen-bond donors (Lipinski definition) is 0. The number of amidine groups is 1. The van der Waals surface area contributed by atoms with Crippen LogP contribution in [-0.2, 0) is 4.74 Å². The molecule has 0 radical (unpaired) electrons. The predicted molar refractivity (Wildman–Crippen MR) is 31.9 cm³/mol. The van der Waals surface area contributed by atoms with Crippen LogP contribution < -0.4 is 0 Å². The quantitative estimate of drug-likeness (QED) is 0.440. The van der Waals surface area contributed by atoms with Crippen LogP contribution in [0.15, 0.2) is 4.99 Å². The molecule has 0 spiro atoms. The monoisotopic (exact) mass is 114 g/mol. The summed E-state index contributed by atoms with van der Waals surface area (Å²) in [6.07, 6.45) is 0. The van der Waals surface area contributed by atoms with Gasteiger partial charge in [0.2, 0.25) is 0 Å². The first kappa shape index (κ1) is 5.41.